The summed E-state index contributed by atoms with van der Waals surface area (Å²) in [5.74, 6) is -1.37. The van der Waals surface area contributed by atoms with Gasteiger partial charge in [0.15, 0.2) is 0 Å². The molecule has 2 aromatic carbocycles. The van der Waals surface area contributed by atoms with Crippen LogP contribution >= 0.6 is 0 Å². The van der Waals surface area contributed by atoms with Crippen molar-refractivity contribution >= 4 is 11.8 Å². The molecule has 0 bridgehead atoms. The molecule has 1 heterocycles. The molecule has 1 aliphatic carbocycles. The SMILES string of the molecule is NC(=O)C(c1cccnc1)N(C(=O)c1ccccc1)[C@@H]1CCc2ccc(F)cc21. The fourth-order valence-electron chi connectivity index (χ4n) is 4.01. The van der Waals surface area contributed by atoms with Crippen LogP contribution in [0.3, 0.4) is 0 Å². The van der Waals surface area contributed by atoms with E-state index in [1.807, 2.05) is 6.07 Å². The number of benzene rings is 2. The number of amides is 2. The molecule has 146 valence electrons. The topological polar surface area (TPSA) is 76.3 Å². The van der Waals surface area contributed by atoms with E-state index in [0.717, 1.165) is 5.56 Å². The van der Waals surface area contributed by atoms with Crippen molar-refractivity contribution in [3.05, 3.63) is 101 Å². The number of aryl methyl sites for hydroxylation is 1. The third-order valence-electron chi connectivity index (χ3n) is 5.29. The Labute approximate surface area is 168 Å². The van der Waals surface area contributed by atoms with Crippen LogP contribution in [-0.4, -0.2) is 21.7 Å². The monoisotopic (exact) mass is 389 g/mol. The van der Waals surface area contributed by atoms with Crippen molar-refractivity contribution in [3.8, 4) is 0 Å². The molecule has 0 fully saturated rings. The Bertz CT molecular complexity index is 1040. The number of aromatic nitrogens is 1. The van der Waals surface area contributed by atoms with Crippen molar-refractivity contribution in [2.24, 2.45) is 5.73 Å². The second-order valence-electron chi connectivity index (χ2n) is 7.07. The third kappa shape index (κ3) is 3.61. The fraction of sp³-hybridized carbons (Fsp3) is 0.174. The zero-order chi connectivity index (χ0) is 20.4. The summed E-state index contributed by atoms with van der Waals surface area (Å²) < 4.78 is 14.0. The minimum atomic E-state index is -1.02. The molecule has 2 N–H and O–H groups in total. The van der Waals surface area contributed by atoms with Crippen LogP contribution in [0.4, 0.5) is 4.39 Å². The first kappa shape index (κ1) is 18.8. The summed E-state index contributed by atoms with van der Waals surface area (Å²) in [6.45, 7) is 0. The summed E-state index contributed by atoms with van der Waals surface area (Å²) in [4.78, 5) is 31.7. The molecular formula is C23H20FN3O2. The lowest BCUT2D eigenvalue weighted by molar-refractivity contribution is -0.123. The maximum absolute atomic E-state index is 14.0. The molecule has 1 aromatic heterocycles. The lowest BCUT2D eigenvalue weighted by atomic mass is 9.99. The van der Waals surface area contributed by atoms with Crippen molar-refractivity contribution in [2.45, 2.75) is 24.9 Å². The number of hydrogen-bond donors (Lipinski definition) is 1. The van der Waals surface area contributed by atoms with Gasteiger partial charge in [0, 0.05) is 23.5 Å². The zero-order valence-corrected chi connectivity index (χ0v) is 15.7. The Kier molecular flexibility index (Phi) is 5.08. The quantitative estimate of drug-likeness (QED) is 0.725. The first-order valence-electron chi connectivity index (χ1n) is 9.41. The van der Waals surface area contributed by atoms with E-state index in [0.29, 0.717) is 29.5 Å². The molecule has 0 saturated carbocycles. The number of carbonyl (C=O) groups excluding carboxylic acids is 2. The van der Waals surface area contributed by atoms with Crippen LogP contribution in [0.15, 0.2) is 73.1 Å². The highest BCUT2D eigenvalue weighted by Crippen LogP contribution is 2.41. The summed E-state index contributed by atoms with van der Waals surface area (Å²) >= 11 is 0. The smallest absolute Gasteiger partial charge is 0.255 e. The Hall–Kier alpha value is -3.54. The van der Waals surface area contributed by atoms with E-state index in [-0.39, 0.29) is 11.7 Å². The van der Waals surface area contributed by atoms with Gasteiger partial charge in [0.1, 0.15) is 11.9 Å². The van der Waals surface area contributed by atoms with Crippen molar-refractivity contribution in [1.29, 1.82) is 0 Å². The number of carbonyl (C=O) groups is 2. The van der Waals surface area contributed by atoms with Crippen LogP contribution in [0.5, 0.6) is 0 Å². The number of fused-ring (bicyclic) bond motifs is 1. The van der Waals surface area contributed by atoms with E-state index >= 15 is 0 Å². The van der Waals surface area contributed by atoms with Gasteiger partial charge in [-0.3, -0.25) is 14.6 Å². The van der Waals surface area contributed by atoms with Crippen molar-refractivity contribution < 1.29 is 14.0 Å². The predicted molar refractivity (Wildman–Crippen MR) is 106 cm³/mol. The average Bonchev–Trinajstić information content (AvgIpc) is 3.15. The largest absolute Gasteiger partial charge is 0.368 e. The molecule has 6 heteroatoms. The second-order valence-corrected chi connectivity index (χ2v) is 7.07. The van der Waals surface area contributed by atoms with Gasteiger partial charge < -0.3 is 10.6 Å². The van der Waals surface area contributed by atoms with Crippen LogP contribution in [0.2, 0.25) is 0 Å². The number of rotatable bonds is 5. The number of nitrogens with two attached hydrogens (primary N) is 1. The molecule has 0 saturated heterocycles. The molecule has 2 amide bonds. The fourth-order valence-corrected chi connectivity index (χ4v) is 4.01. The van der Waals surface area contributed by atoms with Crippen LogP contribution in [0.25, 0.3) is 0 Å². The predicted octanol–water partition coefficient (Wildman–Crippen LogP) is 3.58. The van der Waals surface area contributed by atoms with E-state index in [1.54, 1.807) is 48.7 Å². The van der Waals surface area contributed by atoms with E-state index in [1.165, 1.54) is 23.2 Å². The summed E-state index contributed by atoms with van der Waals surface area (Å²) in [7, 11) is 0. The van der Waals surface area contributed by atoms with Gasteiger partial charge >= 0.3 is 0 Å². The summed E-state index contributed by atoms with van der Waals surface area (Å²) in [6.07, 6.45) is 4.39. The highest BCUT2D eigenvalue weighted by atomic mass is 19.1. The number of primary amides is 1. The first-order chi connectivity index (χ1) is 14.1. The Balaban J connectivity index is 1.86. The summed E-state index contributed by atoms with van der Waals surface area (Å²) in [6, 6.07) is 15.2. The van der Waals surface area contributed by atoms with Crippen molar-refractivity contribution in [1.82, 2.24) is 9.88 Å². The average molecular weight is 389 g/mol. The van der Waals surface area contributed by atoms with E-state index < -0.39 is 18.0 Å². The van der Waals surface area contributed by atoms with Gasteiger partial charge in [0.25, 0.3) is 5.91 Å². The minimum absolute atomic E-state index is 0.333. The minimum Gasteiger partial charge on any atom is -0.368 e. The lowest BCUT2D eigenvalue weighted by Crippen LogP contribution is -2.43. The van der Waals surface area contributed by atoms with Crippen LogP contribution in [-0.2, 0) is 11.2 Å². The van der Waals surface area contributed by atoms with E-state index in [4.69, 9.17) is 5.73 Å². The molecule has 2 atom stereocenters. The van der Waals surface area contributed by atoms with Gasteiger partial charge in [0.2, 0.25) is 5.91 Å². The van der Waals surface area contributed by atoms with Crippen molar-refractivity contribution in [2.75, 3.05) is 0 Å². The molecule has 0 aliphatic heterocycles. The maximum Gasteiger partial charge on any atom is 0.255 e. The number of halogens is 1. The summed E-state index contributed by atoms with van der Waals surface area (Å²) in [5, 5.41) is 0. The molecule has 5 nitrogen and oxygen atoms in total. The molecule has 0 spiro atoms. The van der Waals surface area contributed by atoms with Gasteiger partial charge in [-0.05, 0) is 54.3 Å². The number of hydrogen-bond acceptors (Lipinski definition) is 3. The molecule has 4 rings (SSSR count). The molecule has 3 aromatic rings. The molecular weight excluding hydrogens is 369 g/mol. The number of pyridine rings is 1. The van der Waals surface area contributed by atoms with Crippen LogP contribution in [0, 0.1) is 5.82 Å². The van der Waals surface area contributed by atoms with Crippen molar-refractivity contribution in [3.63, 3.8) is 0 Å². The standard InChI is InChI=1S/C23H20FN3O2/c24-18-10-8-15-9-11-20(19(15)13-18)27(23(29)16-5-2-1-3-6-16)21(22(25)28)17-7-4-12-26-14-17/h1-8,10,12-14,20-21H,9,11H2,(H2,25,28)/t20-,21?/m1/s1. The highest BCUT2D eigenvalue weighted by Gasteiger charge is 2.39. The number of nitrogens with zero attached hydrogens (tertiary/aromatic N) is 2. The Morgan fingerprint density at radius 1 is 1.10 bits per heavy atom. The molecule has 0 radical (unpaired) electrons. The zero-order valence-electron chi connectivity index (χ0n) is 15.7. The molecule has 1 aliphatic rings. The maximum atomic E-state index is 14.0. The van der Waals surface area contributed by atoms with Gasteiger partial charge in [-0.1, -0.05) is 30.3 Å². The van der Waals surface area contributed by atoms with E-state index in [9.17, 15) is 14.0 Å². The lowest BCUT2D eigenvalue weighted by Gasteiger charge is -2.35. The molecule has 29 heavy (non-hydrogen) atoms. The van der Waals surface area contributed by atoms with Gasteiger partial charge in [-0.2, -0.15) is 0 Å². The van der Waals surface area contributed by atoms with Gasteiger partial charge in [-0.15, -0.1) is 0 Å². The third-order valence-corrected chi connectivity index (χ3v) is 5.29. The Morgan fingerprint density at radius 3 is 2.59 bits per heavy atom. The van der Waals surface area contributed by atoms with Crippen LogP contribution in [0.1, 0.15) is 45.6 Å². The van der Waals surface area contributed by atoms with Gasteiger partial charge in [0.05, 0.1) is 6.04 Å². The second kappa shape index (κ2) is 7.83. The normalized spacial score (nSPS) is 16.1. The highest BCUT2D eigenvalue weighted by molar-refractivity contribution is 5.98. The summed E-state index contributed by atoms with van der Waals surface area (Å²) in [5.41, 5.74) is 8.41. The van der Waals surface area contributed by atoms with Gasteiger partial charge in [-0.25, -0.2) is 4.39 Å². The first-order valence-corrected chi connectivity index (χ1v) is 9.41. The van der Waals surface area contributed by atoms with E-state index in [2.05, 4.69) is 4.98 Å². The molecule has 1 unspecified atom stereocenters. The van der Waals surface area contributed by atoms with Crippen LogP contribution < -0.4 is 5.73 Å². The Morgan fingerprint density at radius 2 is 1.90 bits per heavy atom.